The van der Waals surface area contributed by atoms with Crippen LogP contribution in [-0.2, 0) is 6.42 Å². The second-order valence-electron chi connectivity index (χ2n) is 8.62. The molecule has 0 saturated carbocycles. The molecule has 0 N–H and O–H groups in total. The van der Waals surface area contributed by atoms with Crippen molar-refractivity contribution in [3.05, 3.63) is 95.3 Å². The predicted octanol–water partition coefficient (Wildman–Crippen LogP) is 6.34. The molecule has 4 aromatic rings. The summed E-state index contributed by atoms with van der Waals surface area (Å²) >= 11 is 0. The van der Waals surface area contributed by atoms with Crippen LogP contribution in [-0.4, -0.2) is 20.7 Å². The van der Waals surface area contributed by atoms with Crippen LogP contribution in [0.1, 0.15) is 47.8 Å². The van der Waals surface area contributed by atoms with E-state index < -0.39 is 0 Å². The smallest absolute Gasteiger partial charge is 0.267 e. The minimum atomic E-state index is -0.0472. The average molecular weight is 418 g/mol. The number of hydrogen-bond acceptors (Lipinski definition) is 3. The molecule has 0 unspecified atom stereocenters. The van der Waals surface area contributed by atoms with Crippen LogP contribution in [0, 0.1) is 0 Å². The molecule has 1 aliphatic heterocycles. The number of fused-ring (bicyclic) bond motifs is 2. The third-order valence-electron chi connectivity index (χ3n) is 6.55. The molecule has 0 atom stereocenters. The van der Waals surface area contributed by atoms with E-state index in [4.69, 9.17) is 5.10 Å². The van der Waals surface area contributed by atoms with Crippen molar-refractivity contribution in [3.63, 3.8) is 0 Å². The molecule has 0 bridgehead atoms. The van der Waals surface area contributed by atoms with Crippen molar-refractivity contribution >= 4 is 28.0 Å². The summed E-state index contributed by atoms with van der Waals surface area (Å²) in [5, 5.41) is 5.93. The van der Waals surface area contributed by atoms with E-state index in [-0.39, 0.29) is 5.91 Å². The quantitative estimate of drug-likeness (QED) is 0.391. The molecule has 4 nitrogen and oxygen atoms in total. The zero-order valence-corrected chi connectivity index (χ0v) is 18.0. The summed E-state index contributed by atoms with van der Waals surface area (Å²) in [5.41, 5.74) is 9.17. The Morgan fingerprint density at radius 2 is 1.84 bits per heavy atom. The number of aromatic nitrogens is 3. The van der Waals surface area contributed by atoms with Crippen LogP contribution in [0.2, 0.25) is 0 Å². The Morgan fingerprint density at radius 3 is 2.66 bits per heavy atom. The van der Waals surface area contributed by atoms with E-state index in [1.54, 1.807) is 10.9 Å². The van der Waals surface area contributed by atoms with Gasteiger partial charge in [-0.1, -0.05) is 54.1 Å². The monoisotopic (exact) mass is 417 g/mol. The Labute approximate surface area is 186 Å². The molecule has 0 amide bonds. The molecule has 156 valence electrons. The predicted molar refractivity (Wildman–Crippen MR) is 128 cm³/mol. The maximum absolute atomic E-state index is 13.8. The molecule has 0 fully saturated rings. The second kappa shape index (κ2) is 7.41. The Bertz CT molecular complexity index is 1440. The number of allylic oxidation sites excluding steroid dienone is 4. The molecule has 0 spiro atoms. The molecule has 4 heteroatoms. The van der Waals surface area contributed by atoms with Gasteiger partial charge in [-0.05, 0) is 55.5 Å². The molecule has 0 radical (unpaired) electrons. The van der Waals surface area contributed by atoms with Crippen LogP contribution in [0.3, 0.4) is 0 Å². The van der Waals surface area contributed by atoms with Crippen molar-refractivity contribution in [2.45, 2.75) is 32.6 Å². The van der Waals surface area contributed by atoms with E-state index in [0.29, 0.717) is 0 Å². The van der Waals surface area contributed by atoms with Gasteiger partial charge in [0.05, 0.1) is 11.2 Å². The van der Waals surface area contributed by atoms with Crippen molar-refractivity contribution in [2.24, 2.45) is 0 Å². The first-order valence-electron chi connectivity index (χ1n) is 11.2. The standard InChI is InChI=1S/C28H23N3O/c1-18-16-24-26(19-8-5-6-9-19)27(20-10-3-2-4-11-20)30-31(24)28(32)25(18)22-13-14-23-21(17-22)12-7-15-29-23/h2-4,7-8,10-15,17H,5-6,9,16H2,1H3. The molecular weight excluding hydrogens is 394 g/mol. The van der Waals surface area contributed by atoms with Crippen LogP contribution in [0.4, 0.5) is 0 Å². The van der Waals surface area contributed by atoms with Crippen LogP contribution >= 0.6 is 0 Å². The zero-order valence-electron chi connectivity index (χ0n) is 18.0. The van der Waals surface area contributed by atoms with Gasteiger partial charge in [-0.25, -0.2) is 0 Å². The van der Waals surface area contributed by atoms with E-state index >= 15 is 0 Å². The first kappa shape index (κ1) is 18.9. The number of nitrogens with zero attached hydrogens (tertiary/aromatic N) is 3. The zero-order chi connectivity index (χ0) is 21.7. The lowest BCUT2D eigenvalue weighted by atomic mass is 9.90. The Morgan fingerprint density at radius 1 is 0.969 bits per heavy atom. The van der Waals surface area contributed by atoms with Crippen LogP contribution in [0.15, 0.2) is 78.5 Å². The van der Waals surface area contributed by atoms with E-state index in [0.717, 1.165) is 75.8 Å². The molecule has 2 aromatic heterocycles. The number of carbonyl (C=O) groups excluding carboxylic acids is 1. The second-order valence-corrected chi connectivity index (χ2v) is 8.62. The van der Waals surface area contributed by atoms with Crippen LogP contribution in [0.5, 0.6) is 0 Å². The van der Waals surface area contributed by atoms with Gasteiger partial charge in [0, 0.05) is 34.7 Å². The third-order valence-corrected chi connectivity index (χ3v) is 6.55. The highest BCUT2D eigenvalue weighted by Gasteiger charge is 2.32. The highest BCUT2D eigenvalue weighted by atomic mass is 16.2. The third kappa shape index (κ3) is 2.94. The fourth-order valence-electron chi connectivity index (χ4n) is 5.05. The highest BCUT2D eigenvalue weighted by Crippen LogP contribution is 2.40. The van der Waals surface area contributed by atoms with Gasteiger partial charge >= 0.3 is 0 Å². The van der Waals surface area contributed by atoms with Gasteiger partial charge in [0.1, 0.15) is 5.69 Å². The van der Waals surface area contributed by atoms with Crippen molar-refractivity contribution in [3.8, 4) is 11.3 Å². The average Bonchev–Trinajstić information content (AvgIpc) is 3.47. The number of pyridine rings is 1. The van der Waals surface area contributed by atoms with Crippen LogP contribution < -0.4 is 0 Å². The van der Waals surface area contributed by atoms with Crippen molar-refractivity contribution in [1.82, 2.24) is 14.8 Å². The summed E-state index contributed by atoms with van der Waals surface area (Å²) < 4.78 is 1.66. The summed E-state index contributed by atoms with van der Waals surface area (Å²) in [6.45, 7) is 2.08. The fourth-order valence-corrected chi connectivity index (χ4v) is 5.05. The Balaban J connectivity index is 1.52. The van der Waals surface area contributed by atoms with E-state index in [1.165, 1.54) is 5.57 Å². The lowest BCUT2D eigenvalue weighted by molar-refractivity contribution is 0.0958. The molecule has 2 aliphatic rings. The van der Waals surface area contributed by atoms with E-state index in [2.05, 4.69) is 36.2 Å². The SMILES string of the molecule is CC1=C(c2ccc3ncccc3c2)C(=O)n2nc(-c3ccccc3)c(C3=CCCC3)c2C1. The van der Waals surface area contributed by atoms with Gasteiger partial charge < -0.3 is 0 Å². The summed E-state index contributed by atoms with van der Waals surface area (Å²) in [4.78, 5) is 18.2. The number of rotatable bonds is 3. The van der Waals surface area contributed by atoms with Gasteiger partial charge in [-0.3, -0.25) is 9.78 Å². The van der Waals surface area contributed by atoms with Gasteiger partial charge in [0.2, 0.25) is 0 Å². The molecule has 2 aromatic carbocycles. The van der Waals surface area contributed by atoms with Crippen molar-refractivity contribution in [1.29, 1.82) is 0 Å². The maximum atomic E-state index is 13.8. The minimum Gasteiger partial charge on any atom is -0.267 e. The Kier molecular flexibility index (Phi) is 4.39. The molecule has 3 heterocycles. The molecule has 0 saturated heterocycles. The van der Waals surface area contributed by atoms with Gasteiger partial charge in [0.15, 0.2) is 0 Å². The first-order valence-corrected chi connectivity index (χ1v) is 11.2. The molecule has 6 rings (SSSR count). The summed E-state index contributed by atoms with van der Waals surface area (Å²) in [7, 11) is 0. The lowest BCUT2D eigenvalue weighted by Crippen LogP contribution is -2.23. The summed E-state index contributed by atoms with van der Waals surface area (Å²) in [5.74, 6) is -0.0472. The number of hydrogen-bond donors (Lipinski definition) is 0. The van der Waals surface area contributed by atoms with Crippen molar-refractivity contribution in [2.75, 3.05) is 0 Å². The topological polar surface area (TPSA) is 47.8 Å². The molecule has 1 aliphatic carbocycles. The van der Waals surface area contributed by atoms with Gasteiger partial charge in [-0.15, -0.1) is 0 Å². The summed E-state index contributed by atoms with van der Waals surface area (Å²) in [6, 6.07) is 20.2. The minimum absolute atomic E-state index is 0.0472. The van der Waals surface area contributed by atoms with Crippen molar-refractivity contribution < 1.29 is 4.79 Å². The normalized spacial score (nSPS) is 15.9. The van der Waals surface area contributed by atoms with Gasteiger partial charge in [0.25, 0.3) is 5.91 Å². The number of carbonyl (C=O) groups is 1. The molecular formula is C28H23N3O. The first-order chi connectivity index (χ1) is 15.7. The maximum Gasteiger partial charge on any atom is 0.279 e. The lowest BCUT2D eigenvalue weighted by Gasteiger charge is -2.20. The molecule has 32 heavy (non-hydrogen) atoms. The Hall–Kier alpha value is -3.79. The summed E-state index contributed by atoms with van der Waals surface area (Å²) in [6.07, 6.45) is 8.12. The number of benzene rings is 2. The fraction of sp³-hybridized carbons (Fsp3) is 0.179. The highest BCUT2D eigenvalue weighted by molar-refractivity contribution is 6.23. The van der Waals surface area contributed by atoms with Gasteiger partial charge in [-0.2, -0.15) is 9.78 Å². The van der Waals surface area contributed by atoms with Crippen LogP contribution in [0.25, 0.3) is 33.3 Å². The largest absolute Gasteiger partial charge is 0.279 e. The van der Waals surface area contributed by atoms with E-state index in [1.807, 2.05) is 42.5 Å². The van der Waals surface area contributed by atoms with E-state index in [9.17, 15) is 4.79 Å².